The van der Waals surface area contributed by atoms with Crippen LogP contribution in [-0.2, 0) is 9.59 Å². The third-order valence-corrected chi connectivity index (χ3v) is 4.52. The van der Waals surface area contributed by atoms with Gasteiger partial charge in [-0.25, -0.2) is 0 Å². The lowest BCUT2D eigenvalue weighted by molar-refractivity contribution is -0.144. The van der Waals surface area contributed by atoms with E-state index in [4.69, 9.17) is 5.73 Å². The first-order chi connectivity index (χ1) is 8.09. The van der Waals surface area contributed by atoms with Crippen LogP contribution in [0.15, 0.2) is 0 Å². The molecule has 2 N–H and O–H groups in total. The first-order valence-corrected chi connectivity index (χ1v) is 6.66. The van der Waals surface area contributed by atoms with Gasteiger partial charge in [0.1, 0.15) is 0 Å². The summed E-state index contributed by atoms with van der Waals surface area (Å²) in [4.78, 5) is 26.1. The van der Waals surface area contributed by atoms with Gasteiger partial charge in [-0.1, -0.05) is 13.8 Å². The molecule has 2 aliphatic rings. The van der Waals surface area contributed by atoms with Crippen LogP contribution in [0.2, 0.25) is 0 Å². The average Bonchev–Trinajstić information content (AvgIpc) is 3.12. The Bertz CT molecular complexity index is 332. The maximum absolute atomic E-state index is 12.5. The second kappa shape index (κ2) is 4.41. The zero-order chi connectivity index (χ0) is 12.6. The molecule has 17 heavy (non-hydrogen) atoms. The largest absolute Gasteiger partial charge is 0.328 e. The van der Waals surface area contributed by atoms with Crippen LogP contribution < -0.4 is 5.73 Å². The van der Waals surface area contributed by atoms with E-state index in [-0.39, 0.29) is 17.9 Å². The summed E-state index contributed by atoms with van der Waals surface area (Å²) >= 11 is 0. The molecule has 1 atom stereocenters. The van der Waals surface area contributed by atoms with Crippen LogP contribution in [0.25, 0.3) is 0 Å². The number of carbonyl (C=O) groups excluding carboxylic acids is 2. The zero-order valence-electron chi connectivity index (χ0n) is 10.7. The number of imide groups is 1. The van der Waals surface area contributed by atoms with Gasteiger partial charge in [0.15, 0.2) is 0 Å². The zero-order valence-corrected chi connectivity index (χ0v) is 10.7. The van der Waals surface area contributed by atoms with E-state index in [9.17, 15) is 9.59 Å². The van der Waals surface area contributed by atoms with Crippen molar-refractivity contribution in [3.63, 3.8) is 0 Å². The Morgan fingerprint density at radius 2 is 1.94 bits per heavy atom. The first kappa shape index (κ1) is 12.6. The van der Waals surface area contributed by atoms with Crippen molar-refractivity contribution in [2.75, 3.05) is 6.54 Å². The predicted octanol–water partition coefficient (Wildman–Crippen LogP) is 1.29. The Balaban J connectivity index is 2.23. The standard InChI is InChI=1S/C13H22N2O2/c1-3-13(4-2)7-11(16)15(12(13)17)10(8-14)9-5-6-9/h9-10H,3-8,14H2,1-2H3. The molecule has 2 fully saturated rings. The van der Waals surface area contributed by atoms with Crippen LogP contribution in [0.4, 0.5) is 0 Å². The van der Waals surface area contributed by atoms with Crippen molar-refractivity contribution in [1.82, 2.24) is 4.90 Å². The highest BCUT2D eigenvalue weighted by atomic mass is 16.2. The lowest BCUT2D eigenvalue weighted by Crippen LogP contribution is -2.47. The van der Waals surface area contributed by atoms with Crippen molar-refractivity contribution in [1.29, 1.82) is 0 Å². The van der Waals surface area contributed by atoms with Gasteiger partial charge in [0.05, 0.1) is 11.5 Å². The average molecular weight is 238 g/mol. The number of carbonyl (C=O) groups is 2. The van der Waals surface area contributed by atoms with Crippen LogP contribution in [0.1, 0.15) is 46.0 Å². The summed E-state index contributed by atoms with van der Waals surface area (Å²) in [6.07, 6.45) is 4.06. The molecule has 1 saturated heterocycles. The SMILES string of the molecule is CCC1(CC)CC(=O)N(C(CN)C2CC2)C1=O. The molecular weight excluding hydrogens is 216 g/mol. The third kappa shape index (κ3) is 1.88. The van der Waals surface area contributed by atoms with Gasteiger partial charge in [0.25, 0.3) is 0 Å². The van der Waals surface area contributed by atoms with Gasteiger partial charge >= 0.3 is 0 Å². The van der Waals surface area contributed by atoms with Crippen molar-refractivity contribution in [2.45, 2.75) is 52.0 Å². The molecule has 0 aromatic heterocycles. The van der Waals surface area contributed by atoms with Gasteiger partial charge in [-0.05, 0) is 31.6 Å². The van der Waals surface area contributed by atoms with Gasteiger partial charge in [0, 0.05) is 13.0 Å². The highest BCUT2D eigenvalue weighted by Gasteiger charge is 2.53. The topological polar surface area (TPSA) is 63.4 Å². The number of nitrogens with zero attached hydrogens (tertiary/aromatic N) is 1. The summed E-state index contributed by atoms with van der Waals surface area (Å²) in [5.74, 6) is 0.466. The van der Waals surface area contributed by atoms with Crippen molar-refractivity contribution in [3.05, 3.63) is 0 Å². The van der Waals surface area contributed by atoms with Gasteiger partial charge in [-0.15, -0.1) is 0 Å². The summed E-state index contributed by atoms with van der Waals surface area (Å²) in [7, 11) is 0. The van der Waals surface area contributed by atoms with Gasteiger partial charge in [0.2, 0.25) is 11.8 Å². The summed E-state index contributed by atoms with van der Waals surface area (Å²) in [6.45, 7) is 4.39. The molecule has 0 bridgehead atoms. The van der Waals surface area contributed by atoms with Gasteiger partial charge < -0.3 is 5.73 Å². The Hall–Kier alpha value is -0.900. The second-order valence-corrected chi connectivity index (χ2v) is 5.37. The summed E-state index contributed by atoms with van der Waals surface area (Å²) in [6, 6.07) is -0.0463. The minimum absolute atomic E-state index is 0.0129. The normalized spacial score (nSPS) is 25.5. The minimum atomic E-state index is -0.445. The molecule has 1 heterocycles. The fraction of sp³-hybridized carbons (Fsp3) is 0.846. The first-order valence-electron chi connectivity index (χ1n) is 6.66. The van der Waals surface area contributed by atoms with Gasteiger partial charge in [-0.3, -0.25) is 14.5 Å². The minimum Gasteiger partial charge on any atom is -0.328 e. The van der Waals surface area contributed by atoms with E-state index < -0.39 is 5.41 Å². The summed E-state index contributed by atoms with van der Waals surface area (Å²) < 4.78 is 0. The van der Waals surface area contributed by atoms with E-state index in [0.29, 0.717) is 18.9 Å². The fourth-order valence-corrected chi connectivity index (χ4v) is 2.95. The van der Waals surface area contributed by atoms with E-state index in [2.05, 4.69) is 0 Å². The molecule has 4 nitrogen and oxygen atoms in total. The highest BCUT2D eigenvalue weighted by molar-refractivity contribution is 6.06. The molecule has 4 heteroatoms. The van der Waals surface area contributed by atoms with Crippen LogP contribution in [0, 0.1) is 11.3 Å². The molecule has 1 aliphatic heterocycles. The molecular formula is C13H22N2O2. The Morgan fingerprint density at radius 1 is 1.35 bits per heavy atom. The van der Waals surface area contributed by atoms with E-state index in [1.54, 1.807) is 0 Å². The summed E-state index contributed by atoms with van der Waals surface area (Å²) in [5.41, 5.74) is 5.30. The molecule has 1 aliphatic carbocycles. The van der Waals surface area contributed by atoms with Crippen LogP contribution in [0.5, 0.6) is 0 Å². The smallest absolute Gasteiger partial charge is 0.236 e. The fourth-order valence-electron chi connectivity index (χ4n) is 2.95. The van der Waals surface area contributed by atoms with Crippen molar-refractivity contribution in [2.24, 2.45) is 17.1 Å². The molecule has 0 aromatic carbocycles. The monoisotopic (exact) mass is 238 g/mol. The van der Waals surface area contributed by atoms with E-state index in [1.165, 1.54) is 4.90 Å². The number of rotatable bonds is 5. The number of hydrogen-bond donors (Lipinski definition) is 1. The second-order valence-electron chi connectivity index (χ2n) is 5.37. The Labute approximate surface area is 103 Å². The predicted molar refractivity (Wildman–Crippen MR) is 65.1 cm³/mol. The lowest BCUT2D eigenvalue weighted by Gasteiger charge is -2.28. The van der Waals surface area contributed by atoms with Crippen molar-refractivity contribution < 1.29 is 9.59 Å². The lowest BCUT2D eigenvalue weighted by atomic mass is 9.81. The maximum Gasteiger partial charge on any atom is 0.236 e. The van der Waals surface area contributed by atoms with Crippen LogP contribution in [-0.4, -0.2) is 29.3 Å². The number of likely N-dealkylation sites (tertiary alicyclic amines) is 1. The van der Waals surface area contributed by atoms with Crippen molar-refractivity contribution >= 4 is 11.8 Å². The molecule has 2 rings (SSSR count). The molecule has 0 aromatic rings. The van der Waals surface area contributed by atoms with Gasteiger partial charge in [-0.2, -0.15) is 0 Å². The molecule has 1 saturated carbocycles. The van der Waals surface area contributed by atoms with Crippen LogP contribution >= 0.6 is 0 Å². The van der Waals surface area contributed by atoms with E-state index in [0.717, 1.165) is 25.7 Å². The quantitative estimate of drug-likeness (QED) is 0.734. The van der Waals surface area contributed by atoms with E-state index in [1.807, 2.05) is 13.8 Å². The molecule has 2 amide bonds. The number of nitrogens with two attached hydrogens (primary N) is 1. The third-order valence-electron chi connectivity index (χ3n) is 4.52. The Kier molecular flexibility index (Phi) is 3.25. The Morgan fingerprint density at radius 3 is 2.29 bits per heavy atom. The highest BCUT2D eigenvalue weighted by Crippen LogP contribution is 2.44. The number of amides is 2. The molecule has 96 valence electrons. The number of hydrogen-bond acceptors (Lipinski definition) is 3. The van der Waals surface area contributed by atoms with Crippen molar-refractivity contribution in [3.8, 4) is 0 Å². The molecule has 0 spiro atoms. The maximum atomic E-state index is 12.5. The van der Waals surface area contributed by atoms with Crippen LogP contribution in [0.3, 0.4) is 0 Å². The van der Waals surface area contributed by atoms with E-state index >= 15 is 0 Å². The summed E-state index contributed by atoms with van der Waals surface area (Å²) in [5, 5.41) is 0. The molecule has 0 radical (unpaired) electrons. The molecule has 1 unspecified atom stereocenters.